The molecular weight excluding hydrogens is 280 g/mol. The molecule has 7 heteroatoms. The van der Waals surface area contributed by atoms with Gasteiger partial charge in [0, 0.05) is 13.1 Å². The van der Waals surface area contributed by atoms with Gasteiger partial charge in [-0.1, -0.05) is 24.6 Å². The predicted octanol–water partition coefficient (Wildman–Crippen LogP) is 1.46. The van der Waals surface area contributed by atoms with Gasteiger partial charge >= 0.3 is 16.2 Å². The fraction of sp³-hybridized carbons (Fsp3) is 0.462. The maximum Gasteiger partial charge on any atom is 0.307 e. The third kappa shape index (κ3) is 3.71. The van der Waals surface area contributed by atoms with E-state index in [1.165, 1.54) is 4.31 Å². The summed E-state index contributed by atoms with van der Waals surface area (Å²) >= 11 is 0. The van der Waals surface area contributed by atoms with Crippen LogP contribution in [0, 0.1) is 0 Å². The van der Waals surface area contributed by atoms with E-state index in [0.717, 1.165) is 19.3 Å². The van der Waals surface area contributed by atoms with Crippen LogP contribution in [0.25, 0.3) is 0 Å². The van der Waals surface area contributed by atoms with Crippen LogP contribution in [0.5, 0.6) is 0 Å². The highest BCUT2D eigenvalue weighted by molar-refractivity contribution is 7.90. The Kier molecular flexibility index (Phi) is 4.61. The van der Waals surface area contributed by atoms with Crippen molar-refractivity contribution in [3.05, 3.63) is 29.8 Å². The Hall–Kier alpha value is -1.60. The van der Waals surface area contributed by atoms with E-state index in [1.807, 2.05) is 0 Å². The maximum absolute atomic E-state index is 12.3. The number of anilines is 1. The van der Waals surface area contributed by atoms with Crippen LogP contribution in [-0.2, 0) is 21.4 Å². The SMILES string of the molecule is O=C(O)Cc1ccccc1NS(=O)(=O)N1CCCCC1. The van der Waals surface area contributed by atoms with Gasteiger partial charge in [0.05, 0.1) is 12.1 Å². The molecule has 1 aliphatic heterocycles. The van der Waals surface area contributed by atoms with Gasteiger partial charge in [0.1, 0.15) is 0 Å². The lowest BCUT2D eigenvalue weighted by atomic mass is 10.1. The minimum Gasteiger partial charge on any atom is -0.481 e. The molecule has 0 unspecified atom stereocenters. The number of carboxylic acid groups (broad SMARTS) is 1. The average Bonchev–Trinajstić information content (AvgIpc) is 2.41. The number of hydrogen-bond acceptors (Lipinski definition) is 3. The van der Waals surface area contributed by atoms with Crippen molar-refractivity contribution in [2.75, 3.05) is 17.8 Å². The molecule has 0 aliphatic carbocycles. The number of benzene rings is 1. The van der Waals surface area contributed by atoms with Gasteiger partial charge < -0.3 is 5.11 Å². The Labute approximate surface area is 118 Å². The molecule has 0 bridgehead atoms. The van der Waals surface area contributed by atoms with Gasteiger partial charge in [-0.25, -0.2) is 0 Å². The minimum atomic E-state index is -3.60. The van der Waals surface area contributed by atoms with Gasteiger partial charge in [-0.05, 0) is 24.5 Å². The highest BCUT2D eigenvalue weighted by Gasteiger charge is 2.24. The van der Waals surface area contributed by atoms with E-state index in [-0.39, 0.29) is 6.42 Å². The summed E-state index contributed by atoms with van der Waals surface area (Å²) < 4.78 is 28.4. The van der Waals surface area contributed by atoms with Crippen molar-refractivity contribution in [1.29, 1.82) is 0 Å². The molecule has 1 aromatic rings. The third-order valence-electron chi connectivity index (χ3n) is 3.25. The van der Waals surface area contributed by atoms with Crippen LogP contribution >= 0.6 is 0 Å². The number of carboxylic acids is 1. The van der Waals surface area contributed by atoms with Crippen molar-refractivity contribution in [1.82, 2.24) is 4.31 Å². The second-order valence-corrected chi connectivity index (χ2v) is 6.47. The highest BCUT2D eigenvalue weighted by Crippen LogP contribution is 2.20. The molecule has 0 saturated carbocycles. The number of carbonyl (C=O) groups is 1. The lowest BCUT2D eigenvalue weighted by molar-refractivity contribution is -0.136. The number of aliphatic carboxylic acids is 1. The van der Waals surface area contributed by atoms with E-state index < -0.39 is 16.2 Å². The Balaban J connectivity index is 2.18. The average molecular weight is 298 g/mol. The summed E-state index contributed by atoms with van der Waals surface area (Å²) in [5.74, 6) is -0.991. The van der Waals surface area contributed by atoms with Crippen molar-refractivity contribution in [2.24, 2.45) is 0 Å². The lowest BCUT2D eigenvalue weighted by Gasteiger charge is -2.26. The summed E-state index contributed by atoms with van der Waals surface area (Å²) in [6, 6.07) is 6.57. The van der Waals surface area contributed by atoms with Crippen LogP contribution in [0.15, 0.2) is 24.3 Å². The molecule has 0 amide bonds. The fourth-order valence-corrected chi connectivity index (χ4v) is 3.59. The monoisotopic (exact) mass is 298 g/mol. The summed E-state index contributed by atoms with van der Waals surface area (Å²) in [5.41, 5.74) is 0.793. The van der Waals surface area contributed by atoms with Crippen molar-refractivity contribution in [3.8, 4) is 0 Å². The molecule has 2 rings (SSSR count). The summed E-state index contributed by atoms with van der Waals surface area (Å²) in [6.07, 6.45) is 2.55. The van der Waals surface area contributed by atoms with E-state index in [0.29, 0.717) is 24.3 Å². The molecule has 0 radical (unpaired) electrons. The van der Waals surface area contributed by atoms with E-state index in [1.54, 1.807) is 24.3 Å². The van der Waals surface area contributed by atoms with Crippen molar-refractivity contribution in [3.63, 3.8) is 0 Å². The Bertz CT molecular complexity index is 580. The molecular formula is C13H18N2O4S. The lowest BCUT2D eigenvalue weighted by Crippen LogP contribution is -2.39. The van der Waals surface area contributed by atoms with Gasteiger partial charge in [0.15, 0.2) is 0 Å². The zero-order valence-electron chi connectivity index (χ0n) is 11.1. The summed E-state index contributed by atoms with van der Waals surface area (Å²) in [5, 5.41) is 8.85. The second-order valence-electron chi connectivity index (χ2n) is 4.79. The van der Waals surface area contributed by atoms with Crippen molar-refractivity contribution >= 4 is 21.9 Å². The fourth-order valence-electron chi connectivity index (χ4n) is 2.25. The Morgan fingerprint density at radius 1 is 1.20 bits per heavy atom. The number of rotatable bonds is 5. The first-order valence-electron chi connectivity index (χ1n) is 6.56. The molecule has 1 saturated heterocycles. The quantitative estimate of drug-likeness (QED) is 0.861. The van der Waals surface area contributed by atoms with Crippen LogP contribution < -0.4 is 4.72 Å². The third-order valence-corrected chi connectivity index (χ3v) is 4.78. The molecule has 110 valence electrons. The predicted molar refractivity (Wildman–Crippen MR) is 75.7 cm³/mol. The van der Waals surface area contributed by atoms with Gasteiger partial charge in [-0.2, -0.15) is 12.7 Å². The topological polar surface area (TPSA) is 86.7 Å². The number of piperidine rings is 1. The first-order chi connectivity index (χ1) is 9.49. The van der Waals surface area contributed by atoms with Gasteiger partial charge in [-0.15, -0.1) is 0 Å². The van der Waals surface area contributed by atoms with Crippen molar-refractivity contribution in [2.45, 2.75) is 25.7 Å². The molecule has 6 nitrogen and oxygen atoms in total. The number of para-hydroxylation sites is 1. The van der Waals surface area contributed by atoms with Crippen LogP contribution in [0.1, 0.15) is 24.8 Å². The molecule has 0 atom stereocenters. The van der Waals surface area contributed by atoms with E-state index >= 15 is 0 Å². The van der Waals surface area contributed by atoms with E-state index in [9.17, 15) is 13.2 Å². The zero-order chi connectivity index (χ0) is 14.6. The Morgan fingerprint density at radius 2 is 1.85 bits per heavy atom. The van der Waals surface area contributed by atoms with Crippen LogP contribution in [0.4, 0.5) is 5.69 Å². The first-order valence-corrected chi connectivity index (χ1v) is 8.00. The summed E-state index contributed by atoms with van der Waals surface area (Å²) in [7, 11) is -3.60. The number of hydrogen-bond donors (Lipinski definition) is 2. The number of nitrogens with one attached hydrogen (secondary N) is 1. The molecule has 20 heavy (non-hydrogen) atoms. The van der Waals surface area contributed by atoms with Crippen LogP contribution in [0.2, 0.25) is 0 Å². The smallest absolute Gasteiger partial charge is 0.307 e. The van der Waals surface area contributed by atoms with Crippen LogP contribution in [0.3, 0.4) is 0 Å². The normalized spacial score (nSPS) is 16.8. The molecule has 1 aliphatic rings. The highest BCUT2D eigenvalue weighted by atomic mass is 32.2. The molecule has 0 aromatic heterocycles. The van der Waals surface area contributed by atoms with Crippen molar-refractivity contribution < 1.29 is 18.3 Å². The first kappa shape index (κ1) is 14.8. The molecule has 2 N–H and O–H groups in total. The van der Waals surface area contributed by atoms with Crippen LogP contribution in [-0.4, -0.2) is 36.9 Å². The van der Waals surface area contributed by atoms with Gasteiger partial charge in [0.25, 0.3) is 0 Å². The second kappa shape index (κ2) is 6.23. The standard InChI is InChI=1S/C13H18N2O4S/c16-13(17)10-11-6-2-3-7-12(11)14-20(18,19)15-8-4-1-5-9-15/h2-3,6-7,14H,1,4-5,8-10H2,(H,16,17). The molecule has 0 spiro atoms. The zero-order valence-corrected chi connectivity index (χ0v) is 11.9. The van der Waals surface area contributed by atoms with Gasteiger partial charge in [0.2, 0.25) is 0 Å². The van der Waals surface area contributed by atoms with Gasteiger partial charge in [-0.3, -0.25) is 9.52 Å². The summed E-state index contributed by atoms with van der Waals surface area (Å²) in [6.45, 7) is 1.02. The molecule has 1 heterocycles. The molecule has 1 aromatic carbocycles. The maximum atomic E-state index is 12.3. The number of nitrogens with zero attached hydrogens (tertiary/aromatic N) is 1. The minimum absolute atomic E-state index is 0.210. The summed E-state index contributed by atoms with van der Waals surface area (Å²) in [4.78, 5) is 10.8. The van der Waals surface area contributed by atoms with E-state index in [2.05, 4.69) is 4.72 Å². The van der Waals surface area contributed by atoms with E-state index in [4.69, 9.17) is 5.11 Å². The largest absolute Gasteiger partial charge is 0.481 e. The molecule has 1 fully saturated rings. The Morgan fingerprint density at radius 3 is 2.50 bits per heavy atom.